The molecule has 0 aromatic heterocycles. The summed E-state index contributed by atoms with van der Waals surface area (Å²) in [7, 11) is 0. The van der Waals surface area contributed by atoms with E-state index in [0.717, 1.165) is 5.56 Å². The first-order chi connectivity index (χ1) is 8.95. The van der Waals surface area contributed by atoms with Gasteiger partial charge in [-0.2, -0.15) is 0 Å². The minimum absolute atomic E-state index is 0.190. The van der Waals surface area contributed by atoms with Crippen LogP contribution in [0.5, 0.6) is 0 Å². The molecule has 0 aliphatic rings. The smallest absolute Gasteiger partial charge is 0.335 e. The highest BCUT2D eigenvalue weighted by Crippen LogP contribution is 2.13. The highest BCUT2D eigenvalue weighted by Gasteiger charge is 2.34. The molecule has 6 nitrogen and oxygen atoms in total. The van der Waals surface area contributed by atoms with E-state index < -0.39 is 23.0 Å². The maximum Gasteiger partial charge on any atom is 0.335 e. The number of esters is 1. The monoisotopic (exact) mass is 266 g/mol. The SMILES string of the molecule is CCOC(=O)C(Nc1ccc(C)cc1)C(C)[N+](=O)[O-]. The molecule has 1 N–H and O–H groups in total. The summed E-state index contributed by atoms with van der Waals surface area (Å²) in [6.45, 7) is 5.17. The first-order valence-electron chi connectivity index (χ1n) is 6.09. The van der Waals surface area contributed by atoms with Gasteiger partial charge in [-0.25, -0.2) is 4.79 Å². The molecule has 1 aromatic carbocycles. The molecule has 0 saturated heterocycles. The van der Waals surface area contributed by atoms with E-state index in [0.29, 0.717) is 5.69 Å². The lowest BCUT2D eigenvalue weighted by Gasteiger charge is -2.19. The van der Waals surface area contributed by atoms with Crippen molar-refractivity contribution in [1.29, 1.82) is 0 Å². The Labute approximate surface area is 111 Å². The van der Waals surface area contributed by atoms with Crippen LogP contribution in [-0.2, 0) is 9.53 Å². The number of rotatable bonds is 6. The molecule has 2 atom stereocenters. The number of nitrogens with zero attached hydrogens (tertiary/aromatic N) is 1. The number of nitro groups is 1. The number of anilines is 1. The van der Waals surface area contributed by atoms with Crippen LogP contribution >= 0.6 is 0 Å². The number of hydrogen-bond donors (Lipinski definition) is 1. The van der Waals surface area contributed by atoms with Crippen LogP contribution in [0.25, 0.3) is 0 Å². The Morgan fingerprint density at radius 3 is 2.47 bits per heavy atom. The Morgan fingerprint density at radius 1 is 1.42 bits per heavy atom. The predicted octanol–water partition coefficient (Wildman–Crippen LogP) is 2.00. The van der Waals surface area contributed by atoms with E-state index in [-0.39, 0.29) is 6.61 Å². The van der Waals surface area contributed by atoms with Gasteiger partial charge in [0.2, 0.25) is 6.04 Å². The maximum atomic E-state index is 11.8. The lowest BCUT2D eigenvalue weighted by Crippen LogP contribution is -2.44. The molecule has 1 aromatic rings. The normalized spacial score (nSPS) is 13.4. The standard InChI is InChI=1S/C13H18N2O4/c1-4-19-13(16)12(10(3)15(17)18)14-11-7-5-9(2)6-8-11/h5-8,10,12,14H,4H2,1-3H3. The van der Waals surface area contributed by atoms with Crippen LogP contribution in [-0.4, -0.2) is 29.6 Å². The van der Waals surface area contributed by atoms with Crippen molar-refractivity contribution >= 4 is 11.7 Å². The van der Waals surface area contributed by atoms with Crippen molar-refractivity contribution < 1.29 is 14.5 Å². The molecular formula is C13H18N2O4. The fourth-order valence-corrected chi connectivity index (χ4v) is 1.56. The molecule has 2 unspecified atom stereocenters. The lowest BCUT2D eigenvalue weighted by atomic mass is 10.1. The minimum Gasteiger partial charge on any atom is -0.464 e. The summed E-state index contributed by atoms with van der Waals surface area (Å²) in [5.74, 6) is -0.618. The van der Waals surface area contributed by atoms with Crippen molar-refractivity contribution in [3.63, 3.8) is 0 Å². The fraction of sp³-hybridized carbons (Fsp3) is 0.462. The van der Waals surface area contributed by atoms with Gasteiger partial charge in [-0.15, -0.1) is 0 Å². The van der Waals surface area contributed by atoms with Crippen LogP contribution in [0.2, 0.25) is 0 Å². The molecule has 1 rings (SSSR count). The average molecular weight is 266 g/mol. The molecule has 19 heavy (non-hydrogen) atoms. The quantitative estimate of drug-likeness (QED) is 0.484. The maximum absolute atomic E-state index is 11.8. The van der Waals surface area contributed by atoms with Crippen LogP contribution in [0.3, 0.4) is 0 Å². The first-order valence-corrected chi connectivity index (χ1v) is 6.09. The van der Waals surface area contributed by atoms with Crippen molar-refractivity contribution in [2.75, 3.05) is 11.9 Å². The average Bonchev–Trinajstić information content (AvgIpc) is 2.37. The van der Waals surface area contributed by atoms with Crippen LogP contribution < -0.4 is 5.32 Å². The summed E-state index contributed by atoms with van der Waals surface area (Å²) in [5, 5.41) is 13.7. The molecule has 0 aliphatic carbocycles. The van der Waals surface area contributed by atoms with Gasteiger partial charge in [0.15, 0.2) is 6.04 Å². The van der Waals surface area contributed by atoms with Gasteiger partial charge in [0.1, 0.15) is 0 Å². The molecular weight excluding hydrogens is 248 g/mol. The number of hydrogen-bond acceptors (Lipinski definition) is 5. The largest absolute Gasteiger partial charge is 0.464 e. The molecule has 0 radical (unpaired) electrons. The van der Waals surface area contributed by atoms with Crippen molar-refractivity contribution in [3.8, 4) is 0 Å². The van der Waals surface area contributed by atoms with Crippen molar-refractivity contribution in [3.05, 3.63) is 39.9 Å². The Morgan fingerprint density at radius 2 is 2.00 bits per heavy atom. The van der Waals surface area contributed by atoms with Crippen LogP contribution in [0.4, 0.5) is 5.69 Å². The Bertz CT molecular complexity index is 444. The van der Waals surface area contributed by atoms with E-state index in [1.807, 2.05) is 19.1 Å². The van der Waals surface area contributed by atoms with Gasteiger partial charge >= 0.3 is 5.97 Å². The second-order valence-corrected chi connectivity index (χ2v) is 4.27. The number of carbonyl (C=O) groups is 1. The lowest BCUT2D eigenvalue weighted by molar-refractivity contribution is -0.518. The van der Waals surface area contributed by atoms with Gasteiger partial charge in [-0.05, 0) is 26.0 Å². The number of ether oxygens (including phenoxy) is 1. The minimum atomic E-state index is -1.07. The van der Waals surface area contributed by atoms with Crippen molar-refractivity contribution in [1.82, 2.24) is 0 Å². The van der Waals surface area contributed by atoms with E-state index in [2.05, 4.69) is 5.32 Å². The Kier molecular flexibility index (Phi) is 5.29. The summed E-state index contributed by atoms with van der Waals surface area (Å²) in [4.78, 5) is 22.1. The molecule has 0 aliphatic heterocycles. The van der Waals surface area contributed by atoms with Gasteiger partial charge in [-0.1, -0.05) is 17.7 Å². The van der Waals surface area contributed by atoms with Gasteiger partial charge < -0.3 is 10.1 Å². The molecule has 0 heterocycles. The third-order valence-electron chi connectivity index (χ3n) is 2.73. The first kappa shape index (κ1) is 14.9. The Hall–Kier alpha value is -2.11. The third-order valence-corrected chi connectivity index (χ3v) is 2.73. The zero-order valence-corrected chi connectivity index (χ0v) is 11.3. The van der Waals surface area contributed by atoms with Gasteiger partial charge in [0.25, 0.3) is 0 Å². The highest BCUT2D eigenvalue weighted by molar-refractivity contribution is 5.80. The van der Waals surface area contributed by atoms with E-state index in [4.69, 9.17) is 4.74 Å². The van der Waals surface area contributed by atoms with E-state index in [1.54, 1.807) is 19.1 Å². The predicted molar refractivity (Wildman–Crippen MR) is 71.7 cm³/mol. The topological polar surface area (TPSA) is 81.5 Å². The molecule has 6 heteroatoms. The van der Waals surface area contributed by atoms with E-state index in [1.165, 1.54) is 6.92 Å². The van der Waals surface area contributed by atoms with Crippen LogP contribution in [0, 0.1) is 17.0 Å². The Balaban J connectivity index is 2.87. The fourth-order valence-electron chi connectivity index (χ4n) is 1.56. The zero-order valence-electron chi connectivity index (χ0n) is 11.3. The molecule has 0 spiro atoms. The van der Waals surface area contributed by atoms with E-state index in [9.17, 15) is 14.9 Å². The number of aryl methyl sites for hydroxylation is 1. The van der Waals surface area contributed by atoms with Gasteiger partial charge in [-0.3, -0.25) is 10.1 Å². The molecule has 0 amide bonds. The van der Waals surface area contributed by atoms with Gasteiger partial charge in [0.05, 0.1) is 6.61 Å². The summed E-state index contributed by atoms with van der Waals surface area (Å²) < 4.78 is 4.87. The van der Waals surface area contributed by atoms with Crippen LogP contribution in [0.15, 0.2) is 24.3 Å². The van der Waals surface area contributed by atoms with Crippen molar-refractivity contribution in [2.24, 2.45) is 0 Å². The summed E-state index contributed by atoms with van der Waals surface area (Å²) in [6.07, 6.45) is 0. The zero-order chi connectivity index (χ0) is 14.4. The summed E-state index contributed by atoms with van der Waals surface area (Å²) in [6, 6.07) is 5.20. The van der Waals surface area contributed by atoms with E-state index >= 15 is 0 Å². The molecule has 0 fully saturated rings. The molecule has 0 bridgehead atoms. The summed E-state index contributed by atoms with van der Waals surface area (Å²) >= 11 is 0. The molecule has 0 saturated carbocycles. The molecule has 104 valence electrons. The number of carbonyl (C=O) groups excluding carboxylic acids is 1. The highest BCUT2D eigenvalue weighted by atomic mass is 16.6. The van der Waals surface area contributed by atoms with Crippen molar-refractivity contribution in [2.45, 2.75) is 32.9 Å². The number of nitrogens with one attached hydrogen (secondary N) is 1. The van der Waals surface area contributed by atoms with Crippen LogP contribution in [0.1, 0.15) is 19.4 Å². The summed E-state index contributed by atoms with van der Waals surface area (Å²) in [5.41, 5.74) is 1.72. The second-order valence-electron chi connectivity index (χ2n) is 4.27. The second kappa shape index (κ2) is 6.72. The third kappa shape index (κ3) is 4.24. The number of benzene rings is 1. The van der Waals surface area contributed by atoms with Gasteiger partial charge in [0, 0.05) is 17.5 Å².